The Morgan fingerprint density at radius 2 is 0.365 bits per heavy atom. The average molecular weight is 1040 g/mol. The van der Waals surface area contributed by atoms with E-state index in [-0.39, 0.29) is 17.9 Å². The first-order valence-electron chi connectivity index (χ1n) is 35.1. The van der Waals surface area contributed by atoms with Crippen LogP contribution in [0.3, 0.4) is 0 Å². The maximum atomic E-state index is 11.5. The maximum absolute atomic E-state index is 11.5. The summed E-state index contributed by atoms with van der Waals surface area (Å²) in [6.07, 6.45) is 92.9. The predicted molar refractivity (Wildman–Crippen MR) is 326 cm³/mol. The van der Waals surface area contributed by atoms with E-state index in [2.05, 4.69) is 4.74 Å². The molecule has 1 unspecified atom stereocenters. The van der Waals surface area contributed by atoms with Gasteiger partial charge in [0, 0.05) is 6.61 Å². The van der Waals surface area contributed by atoms with Crippen molar-refractivity contribution < 1.29 is 19.4 Å². The molecule has 4 nitrogen and oxygen atoms in total. The molecule has 1 atom stereocenters. The zero-order valence-corrected chi connectivity index (χ0v) is 50.6. The molecular weight excluding hydrogens is 905 g/mol. The van der Waals surface area contributed by atoms with Crippen LogP contribution in [0, 0.1) is 5.92 Å². The molecule has 4 heteroatoms. The maximum Gasteiger partial charge on any atom is 0.317 e. The van der Waals surface area contributed by atoms with Gasteiger partial charge in [-0.05, 0) is 12.8 Å². The van der Waals surface area contributed by atoms with E-state index in [4.69, 9.17) is 5.11 Å². The van der Waals surface area contributed by atoms with Crippen LogP contribution < -0.4 is 0 Å². The number of aliphatic hydroxyl groups is 1. The summed E-state index contributed by atoms with van der Waals surface area (Å²) in [7, 11) is 0. The number of ether oxygens (including phenoxy) is 1. The van der Waals surface area contributed by atoms with Crippen molar-refractivity contribution in [3.05, 3.63) is 0 Å². The van der Waals surface area contributed by atoms with Crippen molar-refractivity contribution in [3.8, 4) is 0 Å². The van der Waals surface area contributed by atoms with E-state index >= 15 is 0 Å². The molecule has 0 radical (unpaired) electrons. The Morgan fingerprint density at radius 1 is 0.230 bits per heavy atom. The third kappa shape index (κ3) is 57.3. The molecule has 0 spiro atoms. The molecule has 0 aromatic carbocycles. The third-order valence-electron chi connectivity index (χ3n) is 17.4. The fourth-order valence-electron chi connectivity index (χ4n) is 12.2. The summed E-state index contributed by atoms with van der Waals surface area (Å²) in [6, 6.07) is 0. The quantitative estimate of drug-likeness (QED) is 0.0375. The van der Waals surface area contributed by atoms with Crippen molar-refractivity contribution in [2.45, 2.75) is 424 Å². The average Bonchev–Trinajstić information content (AvgIpc) is 3.73. The Hall–Kier alpha value is -0.900. The molecule has 1 aliphatic rings. The van der Waals surface area contributed by atoms with Gasteiger partial charge in [-0.15, -0.1) is 0 Å². The van der Waals surface area contributed by atoms with E-state index in [9.17, 15) is 9.59 Å². The van der Waals surface area contributed by atoms with E-state index in [1.54, 1.807) is 0 Å². The molecule has 0 bridgehead atoms. The number of esters is 2. The molecule has 0 saturated carbocycles. The molecule has 1 rings (SSSR count). The van der Waals surface area contributed by atoms with E-state index in [0.29, 0.717) is 13.0 Å². The number of carbonyl (C=O) groups is 2. The molecule has 1 N–H and O–H groups in total. The fraction of sp³-hybridized carbons (Fsp3) is 0.971. The molecule has 74 heavy (non-hydrogen) atoms. The van der Waals surface area contributed by atoms with Crippen LogP contribution in [-0.4, -0.2) is 23.7 Å². The number of aliphatic hydroxyl groups excluding tert-OH is 1. The van der Waals surface area contributed by atoms with Gasteiger partial charge < -0.3 is 9.84 Å². The molecule has 0 aromatic heterocycles. The van der Waals surface area contributed by atoms with Gasteiger partial charge in [0.15, 0.2) is 0 Å². The van der Waals surface area contributed by atoms with Gasteiger partial charge in [-0.1, -0.05) is 405 Å². The summed E-state index contributed by atoms with van der Waals surface area (Å²) in [5, 5.41) is 8.84. The Kier molecular flexibility index (Phi) is 60.5. The highest BCUT2D eigenvalue weighted by Gasteiger charge is 2.32. The summed E-state index contributed by atoms with van der Waals surface area (Å²) in [6.45, 7) is 0.372. The number of unbranched alkanes of at least 4 members (excludes halogenated alkanes) is 63. The standard InChI is InChI=1S/C70H136O4/c71-66-64-62-60-58-56-54-52-50-48-46-44-42-40-38-36-34-32-30-28-26-24-22-20-18-16-14-12-10-8-6-4-2-1-3-5-7-9-11-13-15-17-19-21-23-25-27-29-31-33-35-37-39-41-43-45-47-49-51-53-55-57-59-61-63-65-68-67-69(72)74-70(68)73/h68,71H,1-67H2. The fourth-order valence-corrected chi connectivity index (χ4v) is 12.2. The Morgan fingerprint density at radius 3 is 0.486 bits per heavy atom. The van der Waals surface area contributed by atoms with Gasteiger partial charge in [0.05, 0.1) is 12.3 Å². The van der Waals surface area contributed by atoms with E-state index in [1.165, 1.54) is 398 Å². The largest absolute Gasteiger partial charge is 0.396 e. The second-order valence-corrected chi connectivity index (χ2v) is 24.8. The van der Waals surface area contributed by atoms with Crippen molar-refractivity contribution in [2.24, 2.45) is 5.92 Å². The van der Waals surface area contributed by atoms with E-state index < -0.39 is 0 Å². The van der Waals surface area contributed by atoms with Crippen molar-refractivity contribution in [1.82, 2.24) is 0 Å². The molecule has 1 fully saturated rings. The Bertz CT molecular complexity index is 1070. The zero-order valence-electron chi connectivity index (χ0n) is 50.6. The van der Waals surface area contributed by atoms with Crippen molar-refractivity contribution >= 4 is 11.9 Å². The summed E-state index contributed by atoms with van der Waals surface area (Å²) in [5.74, 6) is -0.789. The minimum atomic E-state index is -0.336. The molecule has 1 aliphatic heterocycles. The number of cyclic esters (lactones) is 2. The van der Waals surface area contributed by atoms with Gasteiger partial charge >= 0.3 is 11.9 Å². The lowest BCUT2D eigenvalue weighted by Crippen LogP contribution is -2.06. The smallest absolute Gasteiger partial charge is 0.317 e. The van der Waals surface area contributed by atoms with Gasteiger partial charge in [0.1, 0.15) is 0 Å². The highest BCUT2D eigenvalue weighted by atomic mass is 16.6. The Labute approximate surface area is 465 Å². The number of carbonyl (C=O) groups excluding carboxylic acids is 2. The SMILES string of the molecule is O=C1CC(CCCCCCCCCCCCCCCCCCCCCCCCCCCCCCCCCCCCCCCCCCCCCCCCCCCCCCCCCCCCCCCCCCO)C(=O)O1. The minimum absolute atomic E-state index is 0.159. The van der Waals surface area contributed by atoms with Crippen LogP contribution in [0.25, 0.3) is 0 Å². The molecular formula is C70H136O4. The molecule has 440 valence electrons. The molecule has 1 saturated heterocycles. The first-order chi connectivity index (χ1) is 36.7. The lowest BCUT2D eigenvalue weighted by atomic mass is 9.98. The van der Waals surface area contributed by atoms with Crippen LogP contribution in [0.5, 0.6) is 0 Å². The van der Waals surface area contributed by atoms with Crippen molar-refractivity contribution in [1.29, 1.82) is 0 Å². The van der Waals surface area contributed by atoms with Crippen LogP contribution in [0.1, 0.15) is 424 Å². The zero-order chi connectivity index (χ0) is 52.8. The summed E-state index contributed by atoms with van der Waals surface area (Å²) in [5.41, 5.74) is 0. The number of rotatable bonds is 66. The second-order valence-electron chi connectivity index (χ2n) is 24.8. The molecule has 0 aromatic rings. The van der Waals surface area contributed by atoms with Gasteiger partial charge in [-0.25, -0.2) is 0 Å². The van der Waals surface area contributed by atoms with Gasteiger partial charge in [-0.3, -0.25) is 9.59 Å². The van der Waals surface area contributed by atoms with Gasteiger partial charge in [0.2, 0.25) is 0 Å². The third-order valence-corrected chi connectivity index (χ3v) is 17.4. The molecule has 0 amide bonds. The van der Waals surface area contributed by atoms with Crippen LogP contribution in [-0.2, 0) is 14.3 Å². The Balaban J connectivity index is 1.59. The van der Waals surface area contributed by atoms with Crippen molar-refractivity contribution in [3.63, 3.8) is 0 Å². The summed E-state index contributed by atoms with van der Waals surface area (Å²) < 4.78 is 4.64. The van der Waals surface area contributed by atoms with Crippen LogP contribution in [0.4, 0.5) is 0 Å². The van der Waals surface area contributed by atoms with Crippen molar-refractivity contribution in [2.75, 3.05) is 6.61 Å². The summed E-state index contributed by atoms with van der Waals surface area (Å²) in [4.78, 5) is 22.7. The highest BCUT2D eigenvalue weighted by molar-refractivity contribution is 5.94. The van der Waals surface area contributed by atoms with Crippen LogP contribution >= 0.6 is 0 Å². The number of hydrogen-bond acceptors (Lipinski definition) is 4. The molecule has 0 aliphatic carbocycles. The van der Waals surface area contributed by atoms with Crippen LogP contribution in [0.2, 0.25) is 0 Å². The van der Waals surface area contributed by atoms with E-state index in [0.717, 1.165) is 19.3 Å². The predicted octanol–water partition coefficient (Wildman–Crippen LogP) is 24.4. The number of hydrogen-bond donors (Lipinski definition) is 1. The minimum Gasteiger partial charge on any atom is -0.396 e. The van der Waals surface area contributed by atoms with Crippen LogP contribution in [0.15, 0.2) is 0 Å². The molecule has 1 heterocycles. The lowest BCUT2D eigenvalue weighted by molar-refractivity contribution is -0.153. The first-order valence-corrected chi connectivity index (χ1v) is 35.1. The first kappa shape index (κ1) is 71.1. The van der Waals surface area contributed by atoms with Gasteiger partial charge in [-0.2, -0.15) is 0 Å². The topological polar surface area (TPSA) is 63.6 Å². The monoisotopic (exact) mass is 1040 g/mol. The summed E-state index contributed by atoms with van der Waals surface area (Å²) >= 11 is 0. The normalized spacial score (nSPS) is 13.8. The van der Waals surface area contributed by atoms with Gasteiger partial charge in [0.25, 0.3) is 0 Å². The second kappa shape index (κ2) is 62.9. The lowest BCUT2D eigenvalue weighted by Gasteiger charge is -2.05. The van der Waals surface area contributed by atoms with E-state index in [1.807, 2.05) is 0 Å². The highest BCUT2D eigenvalue weighted by Crippen LogP contribution is 2.24.